The molecule has 0 saturated carbocycles. The molecule has 0 bridgehead atoms. The first-order chi connectivity index (χ1) is 15.9. The number of alkyl halides is 3. The molecule has 1 aromatic carbocycles. The van der Waals surface area contributed by atoms with E-state index < -0.39 is 35.8 Å². The maximum Gasteiger partial charge on any atom is 0.573 e. The molecule has 0 atom stereocenters. The summed E-state index contributed by atoms with van der Waals surface area (Å²) in [6.45, 7) is 8.02. The van der Waals surface area contributed by atoms with Crippen molar-refractivity contribution in [3.63, 3.8) is 0 Å². The van der Waals surface area contributed by atoms with Crippen LogP contribution in [0.3, 0.4) is 0 Å². The molecular formula is C22H26F3N5O4. The van der Waals surface area contributed by atoms with E-state index >= 15 is 0 Å². The van der Waals surface area contributed by atoms with Crippen LogP contribution in [0.15, 0.2) is 40.2 Å². The normalized spacial score (nSPS) is 12.0. The third-order valence-corrected chi connectivity index (χ3v) is 4.77. The molecule has 0 saturated heterocycles. The zero-order valence-electron chi connectivity index (χ0n) is 19.2. The van der Waals surface area contributed by atoms with Gasteiger partial charge in [-0.05, 0) is 36.1 Å². The molecule has 2 heterocycles. The number of ether oxygens (including phenoxy) is 1. The molecule has 1 N–H and O–H groups in total. The second-order valence-corrected chi connectivity index (χ2v) is 8.76. The highest BCUT2D eigenvalue weighted by Gasteiger charge is 2.31. The first kappa shape index (κ1) is 25.1. The van der Waals surface area contributed by atoms with Gasteiger partial charge in [0.2, 0.25) is 5.91 Å². The van der Waals surface area contributed by atoms with E-state index in [0.29, 0.717) is 13.1 Å². The summed E-state index contributed by atoms with van der Waals surface area (Å²) in [6, 6.07) is 4.53. The lowest BCUT2D eigenvalue weighted by Gasteiger charge is -2.15. The van der Waals surface area contributed by atoms with Crippen molar-refractivity contribution in [2.75, 3.05) is 5.32 Å². The molecule has 0 unspecified atom stereocenters. The molecule has 9 nitrogen and oxygen atoms in total. The Labute approximate surface area is 192 Å². The summed E-state index contributed by atoms with van der Waals surface area (Å²) >= 11 is 0. The zero-order valence-corrected chi connectivity index (χ0v) is 19.2. The first-order valence-corrected chi connectivity index (χ1v) is 10.7. The summed E-state index contributed by atoms with van der Waals surface area (Å²) in [4.78, 5) is 43.2. The summed E-state index contributed by atoms with van der Waals surface area (Å²) in [7, 11) is 0. The number of anilines is 1. The van der Waals surface area contributed by atoms with Crippen molar-refractivity contribution in [2.45, 2.75) is 53.7 Å². The first-order valence-electron chi connectivity index (χ1n) is 10.7. The average molecular weight is 481 g/mol. The minimum absolute atomic E-state index is 0.0772. The largest absolute Gasteiger partial charge is 0.573 e. The van der Waals surface area contributed by atoms with Crippen molar-refractivity contribution in [2.24, 2.45) is 11.8 Å². The van der Waals surface area contributed by atoms with Crippen molar-refractivity contribution in [1.29, 1.82) is 0 Å². The van der Waals surface area contributed by atoms with Gasteiger partial charge < -0.3 is 14.6 Å². The van der Waals surface area contributed by atoms with Crippen LogP contribution in [-0.2, 0) is 24.4 Å². The SMILES string of the molecule is CC(C)Cn1cnc2c1c(=O)n(CC(=O)Nc1ccc(OC(F)(F)F)cc1)c(=O)n2CC(C)C. The van der Waals surface area contributed by atoms with Crippen LogP contribution >= 0.6 is 0 Å². The Bertz CT molecular complexity index is 1290. The van der Waals surface area contributed by atoms with E-state index in [-0.39, 0.29) is 28.7 Å². The van der Waals surface area contributed by atoms with E-state index in [0.717, 1.165) is 16.7 Å². The Hall–Kier alpha value is -3.57. The minimum Gasteiger partial charge on any atom is -0.406 e. The highest BCUT2D eigenvalue weighted by molar-refractivity contribution is 5.90. The topological polar surface area (TPSA) is 100 Å². The van der Waals surface area contributed by atoms with E-state index in [1.165, 1.54) is 23.0 Å². The highest BCUT2D eigenvalue weighted by atomic mass is 19.4. The van der Waals surface area contributed by atoms with Gasteiger partial charge in [0.05, 0.1) is 6.33 Å². The van der Waals surface area contributed by atoms with Gasteiger partial charge in [0.15, 0.2) is 11.2 Å². The number of aromatic nitrogens is 4. The maximum atomic E-state index is 13.2. The van der Waals surface area contributed by atoms with Crippen molar-refractivity contribution >= 4 is 22.8 Å². The predicted octanol–water partition coefficient (Wildman–Crippen LogP) is 3.21. The fourth-order valence-electron chi connectivity index (χ4n) is 3.52. The Morgan fingerprint density at radius 2 is 1.65 bits per heavy atom. The maximum absolute atomic E-state index is 13.2. The monoisotopic (exact) mass is 481 g/mol. The van der Waals surface area contributed by atoms with Crippen LogP contribution in [0.5, 0.6) is 5.75 Å². The lowest BCUT2D eigenvalue weighted by molar-refractivity contribution is -0.274. The fraction of sp³-hybridized carbons (Fsp3) is 0.455. The number of hydrogen-bond acceptors (Lipinski definition) is 5. The number of halogens is 3. The number of nitrogens with zero attached hydrogens (tertiary/aromatic N) is 4. The Kier molecular flexibility index (Phi) is 7.18. The molecule has 3 rings (SSSR count). The quantitative estimate of drug-likeness (QED) is 0.533. The number of amides is 1. The number of rotatable bonds is 8. The molecule has 12 heteroatoms. The average Bonchev–Trinajstić information content (AvgIpc) is 3.11. The van der Waals surface area contributed by atoms with Gasteiger partial charge in [-0.15, -0.1) is 13.2 Å². The molecule has 1 amide bonds. The molecule has 3 aromatic rings. The van der Waals surface area contributed by atoms with E-state index in [1.807, 2.05) is 27.7 Å². The van der Waals surface area contributed by atoms with Crippen molar-refractivity contribution in [1.82, 2.24) is 18.7 Å². The van der Waals surface area contributed by atoms with Gasteiger partial charge in [-0.3, -0.25) is 14.2 Å². The van der Waals surface area contributed by atoms with Gasteiger partial charge in [0.1, 0.15) is 12.3 Å². The molecule has 0 fully saturated rings. The van der Waals surface area contributed by atoms with Crippen molar-refractivity contribution < 1.29 is 22.7 Å². The third kappa shape index (κ3) is 5.86. The van der Waals surface area contributed by atoms with Crippen LogP contribution in [0.4, 0.5) is 18.9 Å². The van der Waals surface area contributed by atoms with Gasteiger partial charge in [0.25, 0.3) is 5.56 Å². The smallest absolute Gasteiger partial charge is 0.406 e. The molecule has 0 aliphatic carbocycles. The van der Waals surface area contributed by atoms with E-state index in [9.17, 15) is 27.6 Å². The molecule has 0 radical (unpaired) electrons. The van der Waals surface area contributed by atoms with Crippen LogP contribution < -0.4 is 21.3 Å². The number of benzene rings is 1. The summed E-state index contributed by atoms with van der Waals surface area (Å²) in [5, 5.41) is 2.48. The number of nitrogens with one attached hydrogen (secondary N) is 1. The minimum atomic E-state index is -4.83. The molecule has 2 aromatic heterocycles. The molecule has 0 aliphatic rings. The molecule has 34 heavy (non-hydrogen) atoms. The number of imidazole rings is 1. The van der Waals surface area contributed by atoms with Crippen LogP contribution in [-0.4, -0.2) is 31.0 Å². The Morgan fingerprint density at radius 1 is 1.03 bits per heavy atom. The van der Waals surface area contributed by atoms with Gasteiger partial charge in [-0.1, -0.05) is 27.7 Å². The summed E-state index contributed by atoms with van der Waals surface area (Å²) in [5.74, 6) is -0.840. The number of fused-ring (bicyclic) bond motifs is 1. The van der Waals surface area contributed by atoms with Gasteiger partial charge in [-0.2, -0.15) is 0 Å². The summed E-state index contributed by atoms with van der Waals surface area (Å²) < 4.78 is 44.6. The zero-order chi connectivity index (χ0) is 25.2. The van der Waals surface area contributed by atoms with Crippen LogP contribution in [0.2, 0.25) is 0 Å². The second-order valence-electron chi connectivity index (χ2n) is 8.76. The third-order valence-electron chi connectivity index (χ3n) is 4.77. The lowest BCUT2D eigenvalue weighted by Crippen LogP contribution is -2.43. The molecule has 0 aliphatic heterocycles. The van der Waals surface area contributed by atoms with Gasteiger partial charge >= 0.3 is 12.1 Å². The second kappa shape index (κ2) is 9.74. The number of hydrogen-bond donors (Lipinski definition) is 1. The predicted molar refractivity (Wildman–Crippen MR) is 120 cm³/mol. The lowest BCUT2D eigenvalue weighted by atomic mass is 10.2. The summed E-state index contributed by atoms with van der Waals surface area (Å²) in [6.07, 6.45) is -3.32. The number of carbonyl (C=O) groups is 1. The van der Waals surface area contributed by atoms with Gasteiger partial charge in [0, 0.05) is 18.8 Å². The van der Waals surface area contributed by atoms with E-state index in [4.69, 9.17) is 0 Å². The Balaban J connectivity index is 1.93. The number of carbonyl (C=O) groups excluding carboxylic acids is 1. The van der Waals surface area contributed by atoms with E-state index in [2.05, 4.69) is 15.0 Å². The van der Waals surface area contributed by atoms with E-state index in [1.54, 1.807) is 4.57 Å². The van der Waals surface area contributed by atoms with Crippen LogP contribution in [0.1, 0.15) is 27.7 Å². The standard InChI is InChI=1S/C22H26F3N5O4/c1-13(2)9-28-12-26-19-18(28)20(32)30(21(33)29(19)10-14(3)4)11-17(31)27-15-5-7-16(8-6-15)34-22(23,24)25/h5-8,12-14H,9-11H2,1-4H3,(H,27,31). The Morgan fingerprint density at radius 3 is 2.21 bits per heavy atom. The van der Waals surface area contributed by atoms with Crippen molar-refractivity contribution in [3.8, 4) is 5.75 Å². The molecule has 184 valence electrons. The van der Waals surface area contributed by atoms with Crippen molar-refractivity contribution in [3.05, 3.63) is 51.4 Å². The molecular weight excluding hydrogens is 455 g/mol. The van der Waals surface area contributed by atoms with Crippen LogP contribution in [0.25, 0.3) is 11.2 Å². The fourth-order valence-corrected chi connectivity index (χ4v) is 3.52. The molecule has 0 spiro atoms. The van der Waals surface area contributed by atoms with Crippen LogP contribution in [0, 0.1) is 11.8 Å². The van der Waals surface area contributed by atoms with Gasteiger partial charge in [-0.25, -0.2) is 14.3 Å². The highest BCUT2D eigenvalue weighted by Crippen LogP contribution is 2.24. The summed E-state index contributed by atoms with van der Waals surface area (Å²) in [5.41, 5.74) is -0.620.